The fourth-order valence-corrected chi connectivity index (χ4v) is 4.79. The number of hydrogen-bond donors (Lipinski definition) is 1. The molecule has 1 atom stereocenters. The molecule has 2 aliphatic heterocycles. The monoisotopic (exact) mass is 407 g/mol. The van der Waals surface area contributed by atoms with Crippen LogP contribution in [0, 0.1) is 19.3 Å². The highest BCUT2D eigenvalue weighted by Gasteiger charge is 2.41. The van der Waals surface area contributed by atoms with E-state index in [1.807, 2.05) is 0 Å². The van der Waals surface area contributed by atoms with Crippen LogP contribution >= 0.6 is 0 Å². The van der Waals surface area contributed by atoms with Crippen molar-refractivity contribution in [3.8, 4) is 11.1 Å². The van der Waals surface area contributed by atoms with Crippen LogP contribution in [0.1, 0.15) is 42.4 Å². The van der Waals surface area contributed by atoms with Gasteiger partial charge in [0.15, 0.2) is 0 Å². The van der Waals surface area contributed by atoms with Gasteiger partial charge in [-0.05, 0) is 62.6 Å². The molecule has 0 saturated carbocycles. The van der Waals surface area contributed by atoms with Gasteiger partial charge in [0.1, 0.15) is 0 Å². The zero-order chi connectivity index (χ0) is 21.0. The van der Waals surface area contributed by atoms with E-state index in [0.717, 1.165) is 38.7 Å². The van der Waals surface area contributed by atoms with E-state index in [1.165, 1.54) is 27.8 Å². The van der Waals surface area contributed by atoms with Gasteiger partial charge in [-0.15, -0.1) is 0 Å². The van der Waals surface area contributed by atoms with Crippen LogP contribution < -0.4 is 5.32 Å². The van der Waals surface area contributed by atoms with Gasteiger partial charge in [-0.1, -0.05) is 53.6 Å². The first-order chi connectivity index (χ1) is 14.5. The lowest BCUT2D eigenvalue weighted by Gasteiger charge is -2.37. The second kappa shape index (κ2) is 9.32. The number of hydrogen-bond acceptors (Lipinski definition) is 3. The first kappa shape index (κ1) is 21.1. The van der Waals surface area contributed by atoms with Crippen molar-refractivity contribution in [1.29, 1.82) is 0 Å². The number of benzene rings is 2. The minimum atomic E-state index is -0.392. The van der Waals surface area contributed by atoms with Crippen LogP contribution in [0.25, 0.3) is 11.1 Å². The Kier molecular flexibility index (Phi) is 6.55. The van der Waals surface area contributed by atoms with Gasteiger partial charge in [-0.3, -0.25) is 4.79 Å². The van der Waals surface area contributed by atoms with E-state index in [2.05, 4.69) is 61.6 Å². The molecule has 0 radical (unpaired) electrons. The average molecular weight is 408 g/mol. The van der Waals surface area contributed by atoms with Crippen molar-refractivity contribution in [2.45, 2.75) is 52.0 Å². The van der Waals surface area contributed by atoms with Gasteiger partial charge < -0.3 is 14.8 Å². The third kappa shape index (κ3) is 4.93. The van der Waals surface area contributed by atoms with Crippen LogP contribution in [0.15, 0.2) is 42.5 Å². The molecule has 30 heavy (non-hydrogen) atoms. The molecular weight excluding hydrogens is 374 g/mol. The van der Waals surface area contributed by atoms with Crippen molar-refractivity contribution in [3.05, 3.63) is 59.2 Å². The summed E-state index contributed by atoms with van der Waals surface area (Å²) in [5.41, 5.74) is 5.83. The normalized spacial score (nSPS) is 21.2. The third-order valence-electron chi connectivity index (χ3n) is 6.48. The van der Waals surface area contributed by atoms with Crippen molar-refractivity contribution in [3.63, 3.8) is 0 Å². The summed E-state index contributed by atoms with van der Waals surface area (Å²) in [5.74, 6) is 0.166. The molecule has 0 aromatic heterocycles. The number of rotatable bonds is 5. The van der Waals surface area contributed by atoms with Crippen LogP contribution in [0.3, 0.4) is 0 Å². The number of carbonyl (C=O) groups excluding carboxylic acids is 1. The van der Waals surface area contributed by atoms with Crippen LogP contribution in [-0.4, -0.2) is 38.4 Å². The highest BCUT2D eigenvalue weighted by molar-refractivity contribution is 5.83. The summed E-state index contributed by atoms with van der Waals surface area (Å²) >= 11 is 0. The van der Waals surface area contributed by atoms with Gasteiger partial charge in [0.05, 0.1) is 18.1 Å². The molecule has 0 spiro atoms. The SMILES string of the molecule is Cc1cc(C)cc(-c2ccc(CC3(C(=O)N[C@@H]4CCCOC4)CCOCC3)cc2)c1. The smallest absolute Gasteiger partial charge is 0.227 e. The fourth-order valence-electron chi connectivity index (χ4n) is 4.79. The number of carbonyl (C=O) groups is 1. The highest BCUT2D eigenvalue weighted by Crippen LogP contribution is 2.36. The zero-order valence-electron chi connectivity index (χ0n) is 18.2. The minimum Gasteiger partial charge on any atom is -0.381 e. The summed E-state index contributed by atoms with van der Waals surface area (Å²) in [6.07, 6.45) is 4.31. The van der Waals surface area contributed by atoms with Gasteiger partial charge in [-0.25, -0.2) is 0 Å². The molecule has 2 fully saturated rings. The lowest BCUT2D eigenvalue weighted by atomic mass is 9.74. The first-order valence-electron chi connectivity index (χ1n) is 11.2. The van der Waals surface area contributed by atoms with Crippen molar-refractivity contribution in [2.24, 2.45) is 5.41 Å². The summed E-state index contributed by atoms with van der Waals surface area (Å²) < 4.78 is 11.2. The van der Waals surface area contributed by atoms with E-state index in [0.29, 0.717) is 19.8 Å². The Balaban J connectivity index is 1.50. The number of ether oxygens (including phenoxy) is 2. The summed E-state index contributed by atoms with van der Waals surface area (Å²) in [4.78, 5) is 13.3. The maximum Gasteiger partial charge on any atom is 0.227 e. The van der Waals surface area contributed by atoms with Gasteiger partial charge in [0.2, 0.25) is 5.91 Å². The van der Waals surface area contributed by atoms with Gasteiger partial charge in [0.25, 0.3) is 0 Å². The molecule has 0 bridgehead atoms. The molecule has 1 amide bonds. The van der Waals surface area contributed by atoms with E-state index in [4.69, 9.17) is 9.47 Å². The summed E-state index contributed by atoms with van der Waals surface area (Å²) in [7, 11) is 0. The molecule has 0 unspecified atom stereocenters. The van der Waals surface area contributed by atoms with E-state index in [1.54, 1.807) is 0 Å². The van der Waals surface area contributed by atoms with Crippen molar-refractivity contribution >= 4 is 5.91 Å². The molecular formula is C26H33NO3. The quantitative estimate of drug-likeness (QED) is 0.788. The van der Waals surface area contributed by atoms with Crippen LogP contribution in [0.2, 0.25) is 0 Å². The Morgan fingerprint density at radius 2 is 1.67 bits per heavy atom. The number of nitrogens with one attached hydrogen (secondary N) is 1. The molecule has 4 rings (SSSR count). The van der Waals surface area contributed by atoms with Crippen LogP contribution in [-0.2, 0) is 20.7 Å². The molecule has 4 heteroatoms. The lowest BCUT2D eigenvalue weighted by Crippen LogP contribution is -2.51. The molecule has 2 saturated heterocycles. The summed E-state index contributed by atoms with van der Waals surface area (Å²) in [6.45, 7) is 7.00. The summed E-state index contributed by atoms with van der Waals surface area (Å²) in [6, 6.07) is 15.5. The predicted molar refractivity (Wildman–Crippen MR) is 120 cm³/mol. The van der Waals surface area contributed by atoms with Crippen molar-refractivity contribution in [2.75, 3.05) is 26.4 Å². The first-order valence-corrected chi connectivity index (χ1v) is 11.2. The Bertz CT molecular complexity index is 842. The molecule has 2 aliphatic rings. The zero-order valence-corrected chi connectivity index (χ0v) is 18.2. The molecule has 160 valence electrons. The second-order valence-electron chi connectivity index (χ2n) is 9.03. The molecule has 2 heterocycles. The number of aryl methyl sites for hydroxylation is 2. The maximum absolute atomic E-state index is 13.3. The molecule has 4 nitrogen and oxygen atoms in total. The third-order valence-corrected chi connectivity index (χ3v) is 6.48. The van der Waals surface area contributed by atoms with E-state index in [9.17, 15) is 4.79 Å². The molecule has 0 aliphatic carbocycles. The number of amides is 1. The van der Waals surface area contributed by atoms with Crippen LogP contribution in [0.4, 0.5) is 0 Å². The van der Waals surface area contributed by atoms with Crippen molar-refractivity contribution in [1.82, 2.24) is 5.32 Å². The van der Waals surface area contributed by atoms with Gasteiger partial charge in [-0.2, -0.15) is 0 Å². The highest BCUT2D eigenvalue weighted by atomic mass is 16.5. The topological polar surface area (TPSA) is 47.6 Å². The summed E-state index contributed by atoms with van der Waals surface area (Å²) in [5, 5.41) is 3.28. The molecule has 1 N–H and O–H groups in total. The lowest BCUT2D eigenvalue weighted by molar-refractivity contribution is -0.138. The maximum atomic E-state index is 13.3. The largest absolute Gasteiger partial charge is 0.381 e. The second-order valence-corrected chi connectivity index (χ2v) is 9.03. The van der Waals surface area contributed by atoms with Crippen molar-refractivity contribution < 1.29 is 14.3 Å². The molecule has 2 aromatic rings. The van der Waals surface area contributed by atoms with E-state index < -0.39 is 5.41 Å². The Hall–Kier alpha value is -2.17. The fraction of sp³-hybridized carbons (Fsp3) is 0.500. The predicted octanol–water partition coefficient (Wildman–Crippen LogP) is 4.60. The Labute approximate surface area is 180 Å². The Morgan fingerprint density at radius 1 is 0.967 bits per heavy atom. The average Bonchev–Trinajstić information content (AvgIpc) is 2.75. The molecule has 2 aromatic carbocycles. The standard InChI is InChI=1S/C26H33NO3/c1-19-14-20(2)16-23(15-19)22-7-5-21(6-8-22)17-26(9-12-29-13-10-26)25(28)27-24-4-3-11-30-18-24/h5-8,14-16,24H,3-4,9-13,17-18H2,1-2H3,(H,27,28)/t24-/m1/s1. The van der Waals surface area contributed by atoms with Crippen LogP contribution in [0.5, 0.6) is 0 Å². The van der Waals surface area contributed by atoms with Gasteiger partial charge >= 0.3 is 0 Å². The minimum absolute atomic E-state index is 0.137. The van der Waals surface area contributed by atoms with E-state index in [-0.39, 0.29) is 11.9 Å². The van der Waals surface area contributed by atoms with Gasteiger partial charge in [0, 0.05) is 19.8 Å². The Morgan fingerprint density at radius 3 is 2.30 bits per heavy atom. The van der Waals surface area contributed by atoms with E-state index >= 15 is 0 Å².